The third-order valence-electron chi connectivity index (χ3n) is 7.03. The van der Waals surface area contributed by atoms with Gasteiger partial charge in [-0.05, 0) is 61.7 Å². The van der Waals surface area contributed by atoms with Crippen molar-refractivity contribution in [2.75, 3.05) is 57.4 Å². The number of ether oxygens (including phenoxy) is 1. The molecule has 0 saturated carbocycles. The summed E-state index contributed by atoms with van der Waals surface area (Å²) >= 11 is 0. The van der Waals surface area contributed by atoms with Gasteiger partial charge in [0.15, 0.2) is 0 Å². The second-order valence-electron chi connectivity index (χ2n) is 9.19. The molecule has 0 aromatic heterocycles. The van der Waals surface area contributed by atoms with Crippen LogP contribution >= 0.6 is 0 Å². The Bertz CT molecular complexity index is 983. The summed E-state index contributed by atoms with van der Waals surface area (Å²) in [4.78, 5) is 17.4. The Hall–Kier alpha value is -2.65. The minimum atomic E-state index is -4.35. The van der Waals surface area contributed by atoms with E-state index < -0.39 is 17.2 Å². The number of rotatable bonds is 7. The van der Waals surface area contributed by atoms with Gasteiger partial charge in [0, 0.05) is 51.6 Å². The summed E-state index contributed by atoms with van der Waals surface area (Å²) in [7, 11) is 0. The molecule has 2 saturated heterocycles. The molecule has 0 spiro atoms. The highest BCUT2D eigenvalue weighted by molar-refractivity contribution is 5.88. The number of amides is 1. The smallest absolute Gasteiger partial charge is 0.381 e. The summed E-state index contributed by atoms with van der Waals surface area (Å²) in [6.45, 7) is 5.10. The van der Waals surface area contributed by atoms with Crippen LogP contribution in [0.1, 0.15) is 30.4 Å². The van der Waals surface area contributed by atoms with Crippen molar-refractivity contribution < 1.29 is 27.1 Å². The van der Waals surface area contributed by atoms with Gasteiger partial charge in [-0.2, -0.15) is 13.2 Å². The number of carbonyl (C=O) groups excluding carboxylic acids is 1. The molecular weight excluding hydrogens is 462 g/mol. The fourth-order valence-corrected chi connectivity index (χ4v) is 4.92. The molecule has 2 fully saturated rings. The summed E-state index contributed by atoms with van der Waals surface area (Å²) in [5.74, 6) is -0.383. The fraction of sp³-hybridized carbons (Fsp3) is 0.500. The summed E-state index contributed by atoms with van der Waals surface area (Å²) in [5, 5.41) is 3.07. The molecule has 5 nitrogen and oxygen atoms in total. The van der Waals surface area contributed by atoms with Gasteiger partial charge in [-0.15, -0.1) is 0 Å². The molecule has 9 heteroatoms. The SMILES string of the molecule is O=C(NCCCN1CCN(c2cccc(C(F)(F)F)c2)CC1)C1(c2ccc(F)cc2)CCOCC1. The largest absolute Gasteiger partial charge is 0.416 e. The van der Waals surface area contributed by atoms with Crippen LogP contribution in [0.15, 0.2) is 48.5 Å². The molecule has 4 rings (SSSR count). The number of piperazine rings is 1. The molecule has 2 aromatic rings. The van der Waals surface area contributed by atoms with E-state index in [1.807, 2.05) is 4.90 Å². The summed E-state index contributed by atoms with van der Waals surface area (Å²) < 4.78 is 57.9. The van der Waals surface area contributed by atoms with Crippen molar-refractivity contribution >= 4 is 11.6 Å². The van der Waals surface area contributed by atoms with Gasteiger partial charge in [0.1, 0.15) is 5.82 Å². The van der Waals surface area contributed by atoms with Crippen molar-refractivity contribution in [3.05, 3.63) is 65.5 Å². The second-order valence-corrected chi connectivity index (χ2v) is 9.19. The fourth-order valence-electron chi connectivity index (χ4n) is 4.92. The van der Waals surface area contributed by atoms with Crippen LogP contribution < -0.4 is 10.2 Å². The number of halogens is 4. The first-order valence-electron chi connectivity index (χ1n) is 12.0. The zero-order valence-electron chi connectivity index (χ0n) is 19.6. The van der Waals surface area contributed by atoms with Gasteiger partial charge in [-0.3, -0.25) is 9.69 Å². The van der Waals surface area contributed by atoms with Crippen molar-refractivity contribution in [2.24, 2.45) is 0 Å². The van der Waals surface area contributed by atoms with Gasteiger partial charge in [-0.1, -0.05) is 18.2 Å². The quantitative estimate of drug-likeness (QED) is 0.464. The van der Waals surface area contributed by atoms with Crippen LogP contribution in [0, 0.1) is 5.82 Å². The van der Waals surface area contributed by atoms with Gasteiger partial charge in [0.2, 0.25) is 5.91 Å². The number of nitrogens with zero attached hydrogens (tertiary/aromatic N) is 2. The second kappa shape index (κ2) is 11.0. The summed E-state index contributed by atoms with van der Waals surface area (Å²) in [6.07, 6.45) is -2.46. The molecule has 190 valence electrons. The van der Waals surface area contributed by atoms with Crippen molar-refractivity contribution in [2.45, 2.75) is 30.9 Å². The summed E-state index contributed by atoms with van der Waals surface area (Å²) in [6, 6.07) is 11.6. The van der Waals surface area contributed by atoms with Crippen LogP contribution in [-0.2, 0) is 21.1 Å². The van der Waals surface area contributed by atoms with E-state index >= 15 is 0 Å². The highest BCUT2D eigenvalue weighted by Gasteiger charge is 2.41. The van der Waals surface area contributed by atoms with Crippen molar-refractivity contribution in [3.63, 3.8) is 0 Å². The van der Waals surface area contributed by atoms with Crippen molar-refractivity contribution in [1.29, 1.82) is 0 Å². The zero-order chi connectivity index (χ0) is 24.9. The maximum Gasteiger partial charge on any atom is 0.416 e. The topological polar surface area (TPSA) is 44.8 Å². The predicted octanol–water partition coefficient (Wildman–Crippen LogP) is 4.22. The molecule has 2 aliphatic heterocycles. The van der Waals surface area contributed by atoms with E-state index in [2.05, 4.69) is 10.2 Å². The molecule has 2 aromatic carbocycles. The van der Waals surface area contributed by atoms with Gasteiger partial charge in [0.05, 0.1) is 11.0 Å². The number of alkyl halides is 3. The predicted molar refractivity (Wildman–Crippen MR) is 126 cm³/mol. The van der Waals surface area contributed by atoms with Crippen LogP contribution in [0.25, 0.3) is 0 Å². The lowest BCUT2D eigenvalue weighted by molar-refractivity contribution is -0.137. The van der Waals surface area contributed by atoms with E-state index in [1.165, 1.54) is 24.3 Å². The van der Waals surface area contributed by atoms with Crippen LogP contribution in [0.3, 0.4) is 0 Å². The number of anilines is 1. The molecule has 0 aliphatic carbocycles. The Balaban J connectivity index is 1.24. The molecular formula is C26H31F4N3O2. The van der Waals surface area contributed by atoms with Crippen LogP contribution in [0.4, 0.5) is 23.2 Å². The Morgan fingerprint density at radius 1 is 1.00 bits per heavy atom. The van der Waals surface area contributed by atoms with E-state index in [-0.39, 0.29) is 11.7 Å². The molecule has 0 unspecified atom stereocenters. The number of carbonyl (C=O) groups is 1. The molecule has 35 heavy (non-hydrogen) atoms. The van der Waals surface area contributed by atoms with Gasteiger partial charge < -0.3 is 15.0 Å². The molecule has 0 radical (unpaired) electrons. The normalized spacial score (nSPS) is 18.9. The third kappa shape index (κ3) is 6.13. The van der Waals surface area contributed by atoms with Gasteiger partial charge in [-0.25, -0.2) is 4.39 Å². The highest BCUT2D eigenvalue weighted by atomic mass is 19.4. The minimum Gasteiger partial charge on any atom is -0.381 e. The van der Waals surface area contributed by atoms with Crippen molar-refractivity contribution in [1.82, 2.24) is 10.2 Å². The Morgan fingerprint density at radius 2 is 1.69 bits per heavy atom. The van der Waals surface area contributed by atoms with Crippen LogP contribution in [0.2, 0.25) is 0 Å². The molecule has 0 atom stereocenters. The number of hydrogen-bond acceptors (Lipinski definition) is 4. The maximum atomic E-state index is 13.4. The van der Waals surface area contributed by atoms with E-state index in [0.29, 0.717) is 51.4 Å². The van der Waals surface area contributed by atoms with E-state index in [9.17, 15) is 22.4 Å². The van der Waals surface area contributed by atoms with E-state index in [1.54, 1.807) is 18.2 Å². The lowest BCUT2D eigenvalue weighted by atomic mass is 9.73. The Morgan fingerprint density at radius 3 is 2.34 bits per heavy atom. The molecule has 0 bridgehead atoms. The summed E-state index contributed by atoms with van der Waals surface area (Å²) in [5.41, 5.74) is 0.0681. The van der Waals surface area contributed by atoms with Gasteiger partial charge in [0.25, 0.3) is 0 Å². The first-order chi connectivity index (χ1) is 16.8. The van der Waals surface area contributed by atoms with E-state index in [0.717, 1.165) is 37.7 Å². The lowest BCUT2D eigenvalue weighted by Gasteiger charge is -2.37. The van der Waals surface area contributed by atoms with Crippen LogP contribution in [0.5, 0.6) is 0 Å². The molecule has 2 aliphatic rings. The monoisotopic (exact) mass is 493 g/mol. The van der Waals surface area contributed by atoms with E-state index in [4.69, 9.17) is 4.74 Å². The highest BCUT2D eigenvalue weighted by Crippen LogP contribution is 2.35. The molecule has 1 amide bonds. The average molecular weight is 494 g/mol. The van der Waals surface area contributed by atoms with Gasteiger partial charge >= 0.3 is 6.18 Å². The number of benzene rings is 2. The number of hydrogen-bond donors (Lipinski definition) is 1. The third-order valence-corrected chi connectivity index (χ3v) is 7.03. The first-order valence-corrected chi connectivity index (χ1v) is 12.0. The lowest BCUT2D eigenvalue weighted by Crippen LogP contribution is -2.49. The number of nitrogens with one attached hydrogen (secondary N) is 1. The van der Waals surface area contributed by atoms with Crippen molar-refractivity contribution in [3.8, 4) is 0 Å². The Labute approximate surface area is 203 Å². The van der Waals surface area contributed by atoms with Crippen LogP contribution in [-0.4, -0.2) is 63.3 Å². The molecule has 1 N–H and O–H groups in total. The molecule has 2 heterocycles. The standard InChI is InChI=1S/C26H31F4N3O2/c27-22-7-5-20(6-8-22)25(9-17-35-18-10-25)24(34)31-11-2-12-32-13-15-33(16-14-32)23-4-1-3-21(19-23)26(28,29)30/h1,3-8,19H,2,9-18H2,(H,31,34). The Kier molecular flexibility index (Phi) is 7.96. The maximum absolute atomic E-state index is 13.4. The average Bonchev–Trinajstić information content (AvgIpc) is 2.87. The first kappa shape index (κ1) is 25.4. The zero-order valence-corrected chi connectivity index (χ0v) is 19.6. The minimum absolute atomic E-state index is 0.0539.